The first-order valence-corrected chi connectivity index (χ1v) is 11.0. The lowest BCUT2D eigenvalue weighted by molar-refractivity contribution is -0.130. The van der Waals surface area contributed by atoms with Crippen LogP contribution in [0.5, 0.6) is 0 Å². The maximum atomic E-state index is 13.2. The van der Waals surface area contributed by atoms with Gasteiger partial charge in [0.2, 0.25) is 11.8 Å². The van der Waals surface area contributed by atoms with Gasteiger partial charge in [-0.3, -0.25) is 4.79 Å². The third-order valence-electron chi connectivity index (χ3n) is 7.44. The standard InChI is InChI=1S/C20H28BrN3O2/c1-13-22-17(24-26-13)20(4-2-3-5-20)23-16(25)11-18-7-14-6-15(8-18)10-19(21,9-14)12-18/h14-15H,2-12H2,1H3,(H,23,25). The van der Waals surface area contributed by atoms with Crippen LogP contribution >= 0.6 is 15.9 Å². The number of carbonyl (C=O) groups excluding carboxylic acids is 1. The van der Waals surface area contributed by atoms with E-state index in [-0.39, 0.29) is 11.3 Å². The minimum atomic E-state index is -0.413. The Morgan fingerprint density at radius 2 is 1.92 bits per heavy atom. The van der Waals surface area contributed by atoms with Crippen molar-refractivity contribution in [2.24, 2.45) is 17.3 Å². The van der Waals surface area contributed by atoms with Crippen LogP contribution in [-0.2, 0) is 10.3 Å². The molecular formula is C20H28BrN3O2. The highest BCUT2D eigenvalue weighted by molar-refractivity contribution is 9.10. The summed E-state index contributed by atoms with van der Waals surface area (Å²) in [6.07, 6.45) is 12.3. The second-order valence-electron chi connectivity index (χ2n) is 9.76. The van der Waals surface area contributed by atoms with Crippen LogP contribution in [-0.4, -0.2) is 20.4 Å². The molecule has 2 unspecified atom stereocenters. The van der Waals surface area contributed by atoms with Crippen molar-refractivity contribution in [1.29, 1.82) is 0 Å². The van der Waals surface area contributed by atoms with E-state index < -0.39 is 5.54 Å². The maximum Gasteiger partial charge on any atom is 0.223 e. The monoisotopic (exact) mass is 421 g/mol. The number of nitrogens with one attached hydrogen (secondary N) is 1. The van der Waals surface area contributed by atoms with Crippen molar-refractivity contribution in [3.63, 3.8) is 0 Å². The van der Waals surface area contributed by atoms with Crippen molar-refractivity contribution < 1.29 is 9.32 Å². The van der Waals surface area contributed by atoms with Crippen molar-refractivity contribution in [2.45, 2.75) is 87.4 Å². The molecule has 5 saturated carbocycles. The Morgan fingerprint density at radius 3 is 2.50 bits per heavy atom. The van der Waals surface area contributed by atoms with Crippen LogP contribution in [0.25, 0.3) is 0 Å². The molecule has 142 valence electrons. The normalized spacial score (nSPS) is 40.1. The Labute approximate surface area is 163 Å². The van der Waals surface area contributed by atoms with Gasteiger partial charge in [-0.05, 0) is 68.6 Å². The van der Waals surface area contributed by atoms with Gasteiger partial charge in [0.1, 0.15) is 5.54 Å². The molecule has 5 nitrogen and oxygen atoms in total. The number of amides is 1. The molecule has 1 N–H and O–H groups in total. The second-order valence-corrected chi connectivity index (χ2v) is 11.4. The van der Waals surface area contributed by atoms with Crippen molar-refractivity contribution >= 4 is 21.8 Å². The minimum absolute atomic E-state index is 0.187. The number of aryl methyl sites for hydroxylation is 1. The van der Waals surface area contributed by atoms with Gasteiger partial charge in [-0.25, -0.2) is 0 Å². The minimum Gasteiger partial charge on any atom is -0.343 e. The molecule has 0 radical (unpaired) electrons. The molecule has 0 aromatic carbocycles. The number of alkyl halides is 1. The zero-order valence-electron chi connectivity index (χ0n) is 15.5. The summed E-state index contributed by atoms with van der Waals surface area (Å²) in [7, 11) is 0. The topological polar surface area (TPSA) is 68.0 Å². The van der Waals surface area contributed by atoms with E-state index in [0.717, 1.165) is 43.9 Å². The lowest BCUT2D eigenvalue weighted by Crippen LogP contribution is -2.55. The summed E-state index contributed by atoms with van der Waals surface area (Å²) in [5.74, 6) is 3.05. The number of halogens is 1. The fourth-order valence-electron chi connectivity index (χ4n) is 7.07. The molecule has 6 heteroatoms. The van der Waals surface area contributed by atoms with E-state index >= 15 is 0 Å². The molecule has 1 amide bonds. The number of hydrogen-bond donors (Lipinski definition) is 1. The van der Waals surface area contributed by atoms with Crippen LogP contribution in [0.1, 0.15) is 82.3 Å². The lowest BCUT2D eigenvalue weighted by atomic mass is 9.48. The van der Waals surface area contributed by atoms with Crippen LogP contribution < -0.4 is 5.32 Å². The summed E-state index contributed by atoms with van der Waals surface area (Å²) < 4.78 is 5.51. The van der Waals surface area contributed by atoms with E-state index in [4.69, 9.17) is 4.52 Å². The van der Waals surface area contributed by atoms with Gasteiger partial charge in [-0.15, -0.1) is 0 Å². The van der Waals surface area contributed by atoms with Crippen molar-refractivity contribution in [1.82, 2.24) is 15.5 Å². The van der Waals surface area contributed by atoms with Crippen molar-refractivity contribution in [3.8, 4) is 0 Å². The zero-order valence-corrected chi connectivity index (χ0v) is 17.1. The van der Waals surface area contributed by atoms with Gasteiger partial charge in [-0.1, -0.05) is 33.9 Å². The van der Waals surface area contributed by atoms with Gasteiger partial charge >= 0.3 is 0 Å². The predicted octanol–water partition coefficient (Wildman–Crippen LogP) is 4.39. The van der Waals surface area contributed by atoms with Crippen LogP contribution in [0.2, 0.25) is 0 Å². The van der Waals surface area contributed by atoms with Crippen LogP contribution in [0, 0.1) is 24.2 Å². The summed E-state index contributed by atoms with van der Waals surface area (Å²) in [5, 5.41) is 7.52. The first-order chi connectivity index (χ1) is 12.4. The van der Waals surface area contributed by atoms with E-state index in [1.54, 1.807) is 0 Å². The summed E-state index contributed by atoms with van der Waals surface area (Å²) >= 11 is 4.06. The van der Waals surface area contributed by atoms with Gasteiger partial charge in [0, 0.05) is 17.7 Å². The van der Waals surface area contributed by atoms with Gasteiger partial charge in [0.05, 0.1) is 0 Å². The molecule has 4 bridgehead atoms. The molecule has 5 aliphatic rings. The highest BCUT2D eigenvalue weighted by atomic mass is 79.9. The van der Waals surface area contributed by atoms with Crippen molar-refractivity contribution in [2.75, 3.05) is 0 Å². The zero-order chi connectivity index (χ0) is 18.0. The number of hydrogen-bond acceptors (Lipinski definition) is 4. The molecule has 1 heterocycles. The van der Waals surface area contributed by atoms with E-state index in [1.165, 1.54) is 32.1 Å². The lowest BCUT2D eigenvalue weighted by Gasteiger charge is -2.60. The Morgan fingerprint density at radius 1 is 1.23 bits per heavy atom. The molecule has 0 aliphatic heterocycles. The molecule has 6 rings (SSSR count). The Kier molecular flexibility index (Phi) is 3.83. The predicted molar refractivity (Wildman–Crippen MR) is 101 cm³/mol. The molecular weight excluding hydrogens is 394 g/mol. The van der Waals surface area contributed by atoms with Gasteiger partial charge in [0.15, 0.2) is 5.82 Å². The van der Waals surface area contributed by atoms with Gasteiger partial charge in [-0.2, -0.15) is 4.98 Å². The number of carbonyl (C=O) groups is 1. The van der Waals surface area contributed by atoms with Gasteiger partial charge in [0.25, 0.3) is 0 Å². The number of rotatable bonds is 4. The molecule has 5 fully saturated rings. The smallest absolute Gasteiger partial charge is 0.223 e. The van der Waals surface area contributed by atoms with E-state index in [0.29, 0.717) is 22.5 Å². The fourth-order valence-corrected chi connectivity index (χ4v) is 8.58. The maximum absolute atomic E-state index is 13.2. The largest absolute Gasteiger partial charge is 0.343 e. The molecule has 0 spiro atoms. The average molecular weight is 422 g/mol. The van der Waals surface area contributed by atoms with E-state index in [9.17, 15) is 4.79 Å². The number of aromatic nitrogens is 2. The quantitative estimate of drug-likeness (QED) is 0.731. The molecule has 2 atom stereocenters. The van der Waals surface area contributed by atoms with Gasteiger partial charge < -0.3 is 9.84 Å². The molecule has 1 aromatic rings. The third kappa shape index (κ3) is 2.83. The highest BCUT2D eigenvalue weighted by Gasteiger charge is 2.57. The Balaban J connectivity index is 1.34. The first kappa shape index (κ1) is 17.2. The van der Waals surface area contributed by atoms with Crippen LogP contribution in [0.3, 0.4) is 0 Å². The Hall–Kier alpha value is -0.910. The summed E-state index contributed by atoms with van der Waals surface area (Å²) in [6.45, 7) is 1.81. The Bertz CT molecular complexity index is 710. The molecule has 26 heavy (non-hydrogen) atoms. The average Bonchev–Trinajstić information content (AvgIpc) is 3.13. The summed E-state index contributed by atoms with van der Waals surface area (Å²) in [5.41, 5.74) is -0.214. The summed E-state index contributed by atoms with van der Waals surface area (Å²) in [4.78, 5) is 17.6. The molecule has 1 aromatic heterocycles. The third-order valence-corrected chi connectivity index (χ3v) is 8.37. The number of nitrogens with zero attached hydrogens (tertiary/aromatic N) is 2. The summed E-state index contributed by atoms with van der Waals surface area (Å²) in [6, 6.07) is 0. The van der Waals surface area contributed by atoms with E-state index in [2.05, 4.69) is 31.4 Å². The first-order valence-electron chi connectivity index (χ1n) is 10.2. The molecule has 0 saturated heterocycles. The highest BCUT2D eigenvalue weighted by Crippen LogP contribution is 2.65. The van der Waals surface area contributed by atoms with E-state index in [1.807, 2.05) is 6.92 Å². The molecule has 5 aliphatic carbocycles. The SMILES string of the molecule is Cc1nc(C2(NC(=O)CC34CC5CC(CC(Br)(C5)C3)C4)CCCC2)no1. The van der Waals surface area contributed by atoms with Crippen LogP contribution in [0.15, 0.2) is 4.52 Å². The van der Waals surface area contributed by atoms with Crippen LogP contribution in [0.4, 0.5) is 0 Å². The second kappa shape index (κ2) is 5.79. The fraction of sp³-hybridized carbons (Fsp3) is 0.850. The van der Waals surface area contributed by atoms with Crippen molar-refractivity contribution in [3.05, 3.63) is 11.7 Å².